The highest BCUT2D eigenvalue weighted by atomic mass is 32.2. The zero-order chi connectivity index (χ0) is 19.2. The average Bonchev–Trinajstić information content (AvgIpc) is 2.92. The molecule has 0 aromatic heterocycles. The van der Waals surface area contributed by atoms with Gasteiger partial charge in [0.1, 0.15) is 5.75 Å². The van der Waals surface area contributed by atoms with Gasteiger partial charge in [-0.2, -0.15) is 0 Å². The molecule has 0 radical (unpaired) electrons. The molecular weight excluding hydrogens is 362 g/mol. The van der Waals surface area contributed by atoms with Crippen LogP contribution in [0, 0.1) is 0 Å². The Hall–Kier alpha value is -2.57. The third-order valence-corrected chi connectivity index (χ3v) is 5.15. The van der Waals surface area contributed by atoms with Crippen molar-refractivity contribution in [1.82, 2.24) is 4.90 Å². The number of aliphatic hydroxyl groups excluding tert-OH is 1. The first kappa shape index (κ1) is 19.2. The fourth-order valence-electron chi connectivity index (χ4n) is 2.88. The maximum Gasteiger partial charge on any atom is 0.268 e. The first-order valence-electron chi connectivity index (χ1n) is 8.77. The zero-order valence-corrected chi connectivity index (χ0v) is 15.9. The minimum atomic E-state index is -0.314. The second-order valence-corrected chi connectivity index (χ2v) is 7.02. The number of carbonyl (C=O) groups excluding carboxylic acids is 2. The number of rotatable bonds is 8. The van der Waals surface area contributed by atoms with Gasteiger partial charge in [-0.15, -0.1) is 11.8 Å². The number of aliphatic hydroxyl groups is 1. The van der Waals surface area contributed by atoms with Gasteiger partial charge >= 0.3 is 0 Å². The van der Waals surface area contributed by atoms with E-state index in [1.807, 2.05) is 37.3 Å². The summed E-state index contributed by atoms with van der Waals surface area (Å²) in [6.07, 6.45) is 0. The molecule has 1 aliphatic heterocycles. The van der Waals surface area contributed by atoms with Crippen LogP contribution in [-0.4, -0.2) is 40.8 Å². The van der Waals surface area contributed by atoms with Crippen LogP contribution in [-0.2, 0) is 16.1 Å². The van der Waals surface area contributed by atoms with Crippen LogP contribution in [0.5, 0.6) is 5.75 Å². The normalized spacial score (nSPS) is 14.2. The minimum Gasteiger partial charge on any atom is -0.494 e. The van der Waals surface area contributed by atoms with Crippen molar-refractivity contribution in [2.45, 2.75) is 13.5 Å². The number of hydrogen-bond donors (Lipinski definition) is 1. The maximum absolute atomic E-state index is 13.0. The van der Waals surface area contributed by atoms with Crippen LogP contribution in [0.3, 0.4) is 0 Å². The summed E-state index contributed by atoms with van der Waals surface area (Å²) in [5.41, 5.74) is 1.95. The van der Waals surface area contributed by atoms with Crippen molar-refractivity contribution in [3.8, 4) is 5.75 Å². The molecule has 1 N–H and O–H groups in total. The van der Waals surface area contributed by atoms with E-state index in [0.29, 0.717) is 34.2 Å². The number of ether oxygens (including phenoxy) is 1. The van der Waals surface area contributed by atoms with E-state index in [1.165, 1.54) is 16.7 Å². The summed E-state index contributed by atoms with van der Waals surface area (Å²) in [5, 5.41) is 9.16. The average molecular weight is 383 g/mol. The fourth-order valence-corrected chi connectivity index (χ4v) is 3.76. The Morgan fingerprint density at radius 2 is 1.70 bits per heavy atom. The summed E-state index contributed by atoms with van der Waals surface area (Å²) in [6.45, 7) is 2.62. The molecular formula is C21H21NO4S. The highest BCUT2D eigenvalue weighted by molar-refractivity contribution is 8.04. The molecule has 0 fully saturated rings. The number of thioether (sulfide) groups is 1. The van der Waals surface area contributed by atoms with E-state index in [1.54, 1.807) is 24.3 Å². The van der Waals surface area contributed by atoms with Crippen molar-refractivity contribution in [1.29, 1.82) is 0 Å². The van der Waals surface area contributed by atoms with E-state index in [4.69, 9.17) is 9.84 Å². The standard InChI is InChI=1S/C21H21NO4S/c1-2-26-17-10-8-16(9-11-17)18-19(27-13-12-23)21(25)22(20(18)24)14-15-6-4-3-5-7-15/h3-11,23H,2,12-14H2,1H3. The number of hydrogen-bond acceptors (Lipinski definition) is 5. The van der Waals surface area contributed by atoms with Crippen molar-refractivity contribution in [3.63, 3.8) is 0 Å². The summed E-state index contributed by atoms with van der Waals surface area (Å²) in [7, 11) is 0. The lowest BCUT2D eigenvalue weighted by atomic mass is 10.1. The molecule has 140 valence electrons. The number of benzene rings is 2. The lowest BCUT2D eigenvalue weighted by Crippen LogP contribution is -2.30. The van der Waals surface area contributed by atoms with Gasteiger partial charge in [-0.3, -0.25) is 14.5 Å². The first-order valence-corrected chi connectivity index (χ1v) is 9.75. The number of amides is 2. The molecule has 6 heteroatoms. The maximum atomic E-state index is 13.0. The molecule has 0 unspecified atom stereocenters. The molecule has 0 bridgehead atoms. The fraction of sp³-hybridized carbons (Fsp3) is 0.238. The van der Waals surface area contributed by atoms with Gasteiger partial charge in [0.25, 0.3) is 11.8 Å². The summed E-state index contributed by atoms with van der Waals surface area (Å²) in [5.74, 6) is 0.442. The van der Waals surface area contributed by atoms with Crippen LogP contribution in [0.1, 0.15) is 18.1 Å². The van der Waals surface area contributed by atoms with Gasteiger partial charge in [0.05, 0.1) is 30.2 Å². The van der Waals surface area contributed by atoms with Crippen molar-refractivity contribution >= 4 is 29.1 Å². The Bertz CT molecular complexity index is 846. The van der Waals surface area contributed by atoms with Gasteiger partial charge in [0, 0.05) is 5.75 Å². The molecule has 5 nitrogen and oxygen atoms in total. The third-order valence-electron chi connectivity index (χ3n) is 4.10. The van der Waals surface area contributed by atoms with E-state index < -0.39 is 0 Å². The molecule has 0 saturated heterocycles. The van der Waals surface area contributed by atoms with Gasteiger partial charge < -0.3 is 9.84 Å². The van der Waals surface area contributed by atoms with Crippen molar-refractivity contribution in [3.05, 3.63) is 70.6 Å². The van der Waals surface area contributed by atoms with E-state index in [0.717, 1.165) is 5.56 Å². The van der Waals surface area contributed by atoms with Crippen molar-refractivity contribution in [2.24, 2.45) is 0 Å². The highest BCUT2D eigenvalue weighted by Crippen LogP contribution is 2.37. The lowest BCUT2D eigenvalue weighted by Gasteiger charge is -2.15. The topological polar surface area (TPSA) is 66.8 Å². The van der Waals surface area contributed by atoms with E-state index in [9.17, 15) is 9.59 Å². The Labute approximate surface area is 162 Å². The van der Waals surface area contributed by atoms with Gasteiger partial charge in [-0.05, 0) is 30.2 Å². The van der Waals surface area contributed by atoms with E-state index >= 15 is 0 Å². The predicted molar refractivity (Wildman–Crippen MR) is 106 cm³/mol. The molecule has 2 amide bonds. The largest absolute Gasteiger partial charge is 0.494 e. The quantitative estimate of drug-likeness (QED) is 0.710. The summed E-state index contributed by atoms with van der Waals surface area (Å²) >= 11 is 1.21. The molecule has 3 rings (SSSR count). The highest BCUT2D eigenvalue weighted by Gasteiger charge is 2.39. The number of imide groups is 1. The Kier molecular flexibility index (Phi) is 6.32. The molecule has 0 atom stereocenters. The van der Waals surface area contributed by atoms with Crippen LogP contribution in [0.2, 0.25) is 0 Å². The van der Waals surface area contributed by atoms with E-state index in [2.05, 4.69) is 0 Å². The van der Waals surface area contributed by atoms with Gasteiger partial charge in [-0.25, -0.2) is 0 Å². The van der Waals surface area contributed by atoms with Crippen molar-refractivity contribution < 1.29 is 19.4 Å². The molecule has 0 saturated carbocycles. The van der Waals surface area contributed by atoms with Gasteiger partial charge in [0.2, 0.25) is 0 Å². The number of carbonyl (C=O) groups is 2. The smallest absolute Gasteiger partial charge is 0.268 e. The Balaban J connectivity index is 1.92. The number of nitrogens with zero attached hydrogens (tertiary/aromatic N) is 1. The Morgan fingerprint density at radius 3 is 2.33 bits per heavy atom. The zero-order valence-electron chi connectivity index (χ0n) is 15.1. The second kappa shape index (κ2) is 8.88. The third kappa shape index (κ3) is 4.23. The summed E-state index contributed by atoms with van der Waals surface area (Å²) in [6, 6.07) is 16.6. The molecule has 27 heavy (non-hydrogen) atoms. The van der Waals surface area contributed by atoms with E-state index in [-0.39, 0.29) is 25.0 Å². The molecule has 2 aromatic rings. The van der Waals surface area contributed by atoms with Crippen LogP contribution >= 0.6 is 11.8 Å². The first-order chi connectivity index (χ1) is 13.2. The van der Waals surface area contributed by atoms with Gasteiger partial charge in [-0.1, -0.05) is 42.5 Å². The minimum absolute atomic E-state index is 0.0646. The summed E-state index contributed by atoms with van der Waals surface area (Å²) < 4.78 is 5.45. The molecule has 0 spiro atoms. The lowest BCUT2D eigenvalue weighted by molar-refractivity contribution is -0.137. The van der Waals surface area contributed by atoms with Crippen LogP contribution in [0.25, 0.3) is 5.57 Å². The molecule has 0 aliphatic carbocycles. The SMILES string of the molecule is CCOc1ccc(C2=C(SCCO)C(=O)N(Cc3ccccc3)C2=O)cc1. The monoisotopic (exact) mass is 383 g/mol. The molecule has 2 aromatic carbocycles. The van der Waals surface area contributed by atoms with Crippen molar-refractivity contribution in [2.75, 3.05) is 19.0 Å². The molecule has 1 aliphatic rings. The van der Waals surface area contributed by atoms with Crippen LogP contribution in [0.4, 0.5) is 0 Å². The second-order valence-electron chi connectivity index (χ2n) is 5.92. The van der Waals surface area contributed by atoms with Gasteiger partial charge in [0.15, 0.2) is 0 Å². The Morgan fingerprint density at radius 1 is 1.00 bits per heavy atom. The predicted octanol–water partition coefficient (Wildman–Crippen LogP) is 3.09. The summed E-state index contributed by atoms with van der Waals surface area (Å²) in [4.78, 5) is 27.6. The molecule has 1 heterocycles. The van der Waals surface area contributed by atoms with Crippen LogP contribution < -0.4 is 4.74 Å². The van der Waals surface area contributed by atoms with Crippen LogP contribution in [0.15, 0.2) is 59.5 Å².